The summed E-state index contributed by atoms with van der Waals surface area (Å²) < 4.78 is 16.6. The second-order valence-electron chi connectivity index (χ2n) is 6.10. The maximum atomic E-state index is 14.2. The van der Waals surface area contributed by atoms with Crippen molar-refractivity contribution in [2.24, 2.45) is 0 Å². The van der Waals surface area contributed by atoms with Crippen molar-refractivity contribution in [3.63, 3.8) is 0 Å². The first-order valence-electron chi connectivity index (χ1n) is 8.11. The number of tetrazole rings is 1. The Morgan fingerprint density at radius 2 is 2.04 bits per heavy atom. The van der Waals surface area contributed by atoms with E-state index < -0.39 is 16.3 Å². The summed E-state index contributed by atoms with van der Waals surface area (Å²) in [5.74, 6) is -0.308. The lowest BCUT2D eigenvalue weighted by molar-refractivity contribution is -0.384. The van der Waals surface area contributed by atoms with Gasteiger partial charge >= 0.3 is 0 Å². The van der Waals surface area contributed by atoms with Gasteiger partial charge in [-0.1, -0.05) is 6.07 Å². The second kappa shape index (κ2) is 6.61. The molecular weight excluding hydrogens is 369 g/mol. The van der Waals surface area contributed by atoms with E-state index in [9.17, 15) is 19.3 Å². The fourth-order valence-electron chi connectivity index (χ4n) is 2.80. The molecule has 0 fully saturated rings. The molecule has 4 rings (SSSR count). The highest BCUT2D eigenvalue weighted by atomic mass is 19.1. The highest BCUT2D eigenvalue weighted by Crippen LogP contribution is 2.17. The summed E-state index contributed by atoms with van der Waals surface area (Å²) in [6, 6.07) is 8.36. The molecule has 0 bridgehead atoms. The molecule has 2 aromatic heterocycles. The van der Waals surface area contributed by atoms with Gasteiger partial charge in [-0.2, -0.15) is 4.68 Å². The molecule has 0 unspecified atom stereocenters. The van der Waals surface area contributed by atoms with Gasteiger partial charge in [-0.3, -0.25) is 19.5 Å². The summed E-state index contributed by atoms with van der Waals surface area (Å²) in [6.45, 7) is 1.71. The number of fused-ring (bicyclic) bond motifs is 1. The number of nitrogens with zero attached hydrogens (tertiary/aromatic N) is 7. The molecule has 2 aromatic carbocycles. The number of aromatic nitrogens is 6. The number of rotatable bonds is 4. The number of benzene rings is 2. The van der Waals surface area contributed by atoms with Crippen LogP contribution in [0.5, 0.6) is 0 Å². The molecule has 11 heteroatoms. The molecule has 0 spiro atoms. The minimum atomic E-state index is -0.586. The molecule has 4 aromatic rings. The van der Waals surface area contributed by atoms with Crippen LogP contribution in [0.2, 0.25) is 0 Å². The maximum absolute atomic E-state index is 14.2. The number of halogens is 1. The van der Waals surface area contributed by atoms with E-state index >= 15 is 0 Å². The molecule has 0 aliphatic heterocycles. The third-order valence-electron chi connectivity index (χ3n) is 4.19. The van der Waals surface area contributed by atoms with Crippen LogP contribution in [0.4, 0.5) is 10.1 Å². The van der Waals surface area contributed by atoms with Crippen LogP contribution in [-0.4, -0.2) is 34.7 Å². The molecule has 0 amide bonds. The van der Waals surface area contributed by atoms with Crippen molar-refractivity contribution in [3.8, 4) is 5.69 Å². The second-order valence-corrected chi connectivity index (χ2v) is 6.10. The van der Waals surface area contributed by atoms with Crippen molar-refractivity contribution in [1.82, 2.24) is 29.8 Å². The summed E-state index contributed by atoms with van der Waals surface area (Å²) in [5, 5.41) is 22.3. The molecule has 10 nitrogen and oxygen atoms in total. The fraction of sp³-hybridized carbons (Fsp3) is 0.118. The Hall–Kier alpha value is -4.02. The molecule has 0 saturated carbocycles. The molecular formula is C17H12FN7O3. The quantitative estimate of drug-likeness (QED) is 0.390. The molecule has 0 aliphatic carbocycles. The van der Waals surface area contributed by atoms with Crippen molar-refractivity contribution >= 4 is 16.6 Å². The van der Waals surface area contributed by atoms with E-state index in [0.29, 0.717) is 5.52 Å². The van der Waals surface area contributed by atoms with E-state index in [4.69, 9.17) is 0 Å². The largest absolute Gasteiger partial charge is 0.291 e. The lowest BCUT2D eigenvalue weighted by atomic mass is 10.2. The van der Waals surface area contributed by atoms with Crippen molar-refractivity contribution < 1.29 is 9.31 Å². The summed E-state index contributed by atoms with van der Waals surface area (Å²) in [4.78, 5) is 27.3. The normalized spacial score (nSPS) is 11.1. The van der Waals surface area contributed by atoms with Crippen molar-refractivity contribution in [2.45, 2.75) is 13.5 Å². The summed E-state index contributed by atoms with van der Waals surface area (Å²) >= 11 is 0. The van der Waals surface area contributed by atoms with Gasteiger partial charge in [-0.15, -0.1) is 5.10 Å². The number of nitro groups is 1. The van der Waals surface area contributed by atoms with E-state index in [1.807, 2.05) is 0 Å². The molecule has 0 radical (unpaired) electrons. The maximum Gasteiger partial charge on any atom is 0.270 e. The first-order chi connectivity index (χ1) is 13.4. The SMILES string of the molecule is Cc1ccc(F)c(-n2nnnc2Cn2cnc3ccc([N+](=O)[O-])cc3c2=O)c1. The van der Waals surface area contributed by atoms with Gasteiger partial charge in [0.25, 0.3) is 11.2 Å². The lowest BCUT2D eigenvalue weighted by Crippen LogP contribution is -2.23. The van der Waals surface area contributed by atoms with Crippen LogP contribution < -0.4 is 5.56 Å². The smallest absolute Gasteiger partial charge is 0.270 e. The first kappa shape index (κ1) is 17.4. The molecule has 0 N–H and O–H groups in total. The number of hydrogen-bond acceptors (Lipinski definition) is 7. The van der Waals surface area contributed by atoms with Gasteiger partial charge in [-0.05, 0) is 41.1 Å². The van der Waals surface area contributed by atoms with Gasteiger partial charge in [0.1, 0.15) is 11.5 Å². The van der Waals surface area contributed by atoms with Crippen molar-refractivity contribution in [1.29, 1.82) is 0 Å². The molecule has 0 atom stereocenters. The van der Waals surface area contributed by atoms with E-state index in [2.05, 4.69) is 20.5 Å². The van der Waals surface area contributed by atoms with Crippen LogP contribution >= 0.6 is 0 Å². The van der Waals surface area contributed by atoms with Gasteiger partial charge in [0.15, 0.2) is 5.82 Å². The Morgan fingerprint density at radius 3 is 2.82 bits per heavy atom. The zero-order chi connectivity index (χ0) is 19.8. The van der Waals surface area contributed by atoms with Gasteiger partial charge in [0.2, 0.25) is 0 Å². The van der Waals surface area contributed by atoms with Crippen LogP contribution in [0.3, 0.4) is 0 Å². The number of nitro benzene ring substituents is 1. The Bertz CT molecular complexity index is 1280. The summed E-state index contributed by atoms with van der Waals surface area (Å²) in [5.41, 5.74) is 0.590. The topological polar surface area (TPSA) is 122 Å². The zero-order valence-electron chi connectivity index (χ0n) is 14.5. The van der Waals surface area contributed by atoms with E-state index in [1.165, 1.54) is 39.8 Å². The first-order valence-corrected chi connectivity index (χ1v) is 8.11. The number of non-ortho nitro benzene ring substituents is 1. The summed E-state index contributed by atoms with van der Waals surface area (Å²) in [6.07, 6.45) is 1.29. The average molecular weight is 381 g/mol. The van der Waals surface area contributed by atoms with E-state index in [-0.39, 0.29) is 29.1 Å². The fourth-order valence-corrected chi connectivity index (χ4v) is 2.80. The standard InChI is InChI=1S/C17H12FN7O3/c1-10-2-4-13(18)15(6-10)24-16(20-21-22-24)8-23-9-19-14-5-3-11(25(27)28)7-12(14)17(23)26/h2-7,9H,8H2,1H3. The minimum Gasteiger partial charge on any atom is -0.291 e. The predicted molar refractivity (Wildman–Crippen MR) is 95.6 cm³/mol. The predicted octanol–water partition coefficient (Wildman–Crippen LogP) is 1.78. The summed E-state index contributed by atoms with van der Waals surface area (Å²) in [7, 11) is 0. The van der Waals surface area contributed by atoms with Crippen LogP contribution in [0.1, 0.15) is 11.4 Å². The molecule has 2 heterocycles. The Balaban J connectivity index is 1.79. The number of aryl methyl sites for hydroxylation is 1. The third kappa shape index (κ3) is 2.98. The van der Waals surface area contributed by atoms with Crippen molar-refractivity contribution in [2.75, 3.05) is 0 Å². The molecule has 0 aliphatic rings. The third-order valence-corrected chi connectivity index (χ3v) is 4.19. The molecule has 140 valence electrons. The Kier molecular flexibility index (Phi) is 4.11. The van der Waals surface area contributed by atoms with Gasteiger partial charge in [-0.25, -0.2) is 9.37 Å². The highest BCUT2D eigenvalue weighted by molar-refractivity contribution is 5.79. The van der Waals surface area contributed by atoms with Crippen LogP contribution in [0, 0.1) is 22.9 Å². The minimum absolute atomic E-state index is 0.0924. The monoisotopic (exact) mass is 381 g/mol. The van der Waals surface area contributed by atoms with E-state index in [1.54, 1.807) is 19.1 Å². The average Bonchev–Trinajstić information content (AvgIpc) is 3.13. The van der Waals surface area contributed by atoms with Gasteiger partial charge in [0, 0.05) is 12.1 Å². The molecule has 0 saturated heterocycles. The van der Waals surface area contributed by atoms with Crippen LogP contribution in [0.25, 0.3) is 16.6 Å². The zero-order valence-corrected chi connectivity index (χ0v) is 14.5. The van der Waals surface area contributed by atoms with Gasteiger partial charge in [0.05, 0.1) is 28.7 Å². The van der Waals surface area contributed by atoms with Crippen LogP contribution in [0.15, 0.2) is 47.5 Å². The lowest BCUT2D eigenvalue weighted by Gasteiger charge is -2.09. The highest BCUT2D eigenvalue weighted by Gasteiger charge is 2.16. The van der Waals surface area contributed by atoms with Crippen molar-refractivity contribution in [3.05, 3.63) is 80.4 Å². The van der Waals surface area contributed by atoms with Crippen LogP contribution in [-0.2, 0) is 6.54 Å². The van der Waals surface area contributed by atoms with E-state index in [0.717, 1.165) is 5.56 Å². The van der Waals surface area contributed by atoms with Gasteiger partial charge < -0.3 is 0 Å². The molecule has 28 heavy (non-hydrogen) atoms. The Labute approximate surface area is 156 Å². The number of hydrogen-bond donors (Lipinski definition) is 0. The Morgan fingerprint density at radius 1 is 1.21 bits per heavy atom.